The molecule has 0 fully saturated rings. The summed E-state index contributed by atoms with van der Waals surface area (Å²) in [6.07, 6.45) is -2.20. The molecule has 180 valence electrons. The zero-order valence-corrected chi connectivity index (χ0v) is 17.5. The van der Waals surface area contributed by atoms with E-state index < -0.39 is 59.5 Å². The molecule has 0 aliphatic heterocycles. The van der Waals surface area contributed by atoms with E-state index in [-0.39, 0.29) is 5.17 Å². The molecular weight excluding hydrogens is 477 g/mol. The Balaban J connectivity index is 1.95. The van der Waals surface area contributed by atoms with Crippen LogP contribution in [0.15, 0.2) is 53.6 Å². The van der Waals surface area contributed by atoms with Crippen LogP contribution in [-0.2, 0) is 14.4 Å². The molecule has 1 amide bonds. The molecule has 0 saturated heterocycles. The van der Waals surface area contributed by atoms with Crippen LogP contribution in [0, 0.1) is 29.1 Å². The normalized spacial score (nSPS) is 12.9. The number of nitrogens with two attached hydrogens (primary N) is 1. The predicted molar refractivity (Wildman–Crippen MR) is 109 cm³/mol. The van der Waals surface area contributed by atoms with Gasteiger partial charge in [0, 0.05) is 5.92 Å². The Morgan fingerprint density at radius 1 is 0.914 bits per heavy atom. The largest absolute Gasteiger partial charge is 0.424 e. The number of primary amides is 1. The third-order valence-electron chi connectivity index (χ3n) is 5.42. The van der Waals surface area contributed by atoms with Crippen LogP contribution >= 0.6 is 0 Å². The van der Waals surface area contributed by atoms with Gasteiger partial charge in [0.25, 0.3) is 6.08 Å². The van der Waals surface area contributed by atoms with Gasteiger partial charge in [0.2, 0.25) is 12.5 Å². The van der Waals surface area contributed by atoms with E-state index in [2.05, 4.69) is 9.84 Å². The van der Waals surface area contributed by atoms with Crippen molar-refractivity contribution in [3.63, 3.8) is 0 Å². The topological polar surface area (TPSA) is 94.2 Å². The van der Waals surface area contributed by atoms with Gasteiger partial charge in [-0.25, -0.2) is 36.4 Å². The zero-order valence-electron chi connectivity index (χ0n) is 17.5. The number of benzene rings is 3. The molecule has 2 N–H and O–H groups in total. The molecule has 3 aromatic rings. The van der Waals surface area contributed by atoms with Crippen LogP contribution in [0.2, 0.25) is 0 Å². The van der Waals surface area contributed by atoms with Gasteiger partial charge in [0.05, 0.1) is 5.56 Å². The molecule has 1 unspecified atom stereocenters. The number of fused-ring (bicyclic) bond motifs is 3. The smallest absolute Gasteiger partial charge is 0.406 e. The number of carbonyl (C=O) groups is 1. The molecule has 35 heavy (non-hydrogen) atoms. The lowest BCUT2D eigenvalue weighted by Gasteiger charge is -2.29. The van der Waals surface area contributed by atoms with Crippen molar-refractivity contribution in [3.8, 4) is 11.1 Å². The lowest BCUT2D eigenvalue weighted by molar-refractivity contribution is -0.235. The first-order chi connectivity index (χ1) is 16.8. The molecule has 0 bridgehead atoms. The third kappa shape index (κ3) is 4.20. The Kier molecular flexibility index (Phi) is 6.50. The van der Waals surface area contributed by atoms with E-state index in [4.69, 9.17) is 10.6 Å². The second-order valence-electron chi connectivity index (χ2n) is 7.30. The van der Waals surface area contributed by atoms with Gasteiger partial charge in [-0.1, -0.05) is 53.6 Å². The van der Waals surface area contributed by atoms with Crippen LogP contribution in [0.4, 0.5) is 26.7 Å². The van der Waals surface area contributed by atoms with Crippen LogP contribution < -0.4 is 5.73 Å². The van der Waals surface area contributed by atoms with E-state index in [1.807, 2.05) is 0 Å². The van der Waals surface area contributed by atoms with Gasteiger partial charge >= 0.3 is 6.09 Å². The van der Waals surface area contributed by atoms with Crippen LogP contribution in [0.1, 0.15) is 28.7 Å². The summed E-state index contributed by atoms with van der Waals surface area (Å²) in [5.74, 6) is -12.1. The van der Waals surface area contributed by atoms with Crippen molar-refractivity contribution in [2.45, 2.75) is 12.0 Å². The molecule has 12 heteroatoms. The third-order valence-corrected chi connectivity index (χ3v) is 5.42. The van der Waals surface area contributed by atoms with E-state index >= 15 is 0 Å². The number of carbonyl (C=O) groups excluding carboxylic acids is 2. The Morgan fingerprint density at radius 3 is 1.89 bits per heavy atom. The molecule has 0 heterocycles. The average molecular weight is 491 g/mol. The van der Waals surface area contributed by atoms with Crippen molar-refractivity contribution in [2.24, 2.45) is 10.8 Å². The second kappa shape index (κ2) is 9.53. The molecule has 4 rings (SSSR count). The Labute approximate surface area is 194 Å². The SMILES string of the molecule is NC(=O)OCN(N=C=O)OC(c1c(F)c(F)c(F)c(F)c1F)C1c2ccccc2-c2ccccc21. The molecule has 3 aromatic carbocycles. The maximum atomic E-state index is 15.0. The van der Waals surface area contributed by atoms with Gasteiger partial charge in [-0.3, -0.25) is 0 Å². The number of rotatable bonds is 7. The molecule has 0 aromatic heterocycles. The van der Waals surface area contributed by atoms with Crippen LogP contribution in [-0.4, -0.2) is 24.1 Å². The Hall–Kier alpha value is -4.28. The van der Waals surface area contributed by atoms with Crippen LogP contribution in [0.3, 0.4) is 0 Å². The summed E-state index contributed by atoms with van der Waals surface area (Å²) in [7, 11) is 0. The highest BCUT2D eigenvalue weighted by Crippen LogP contribution is 2.52. The highest BCUT2D eigenvalue weighted by molar-refractivity contribution is 5.79. The van der Waals surface area contributed by atoms with Gasteiger partial charge in [-0.05, 0) is 22.3 Å². The summed E-state index contributed by atoms with van der Waals surface area (Å²) >= 11 is 0. The minimum Gasteiger partial charge on any atom is -0.424 e. The number of amides is 1. The number of ether oxygens (including phenoxy) is 1. The fourth-order valence-electron chi connectivity index (χ4n) is 4.05. The van der Waals surface area contributed by atoms with Crippen molar-refractivity contribution >= 4 is 12.2 Å². The van der Waals surface area contributed by atoms with Gasteiger partial charge in [0.1, 0.15) is 6.10 Å². The van der Waals surface area contributed by atoms with E-state index in [9.17, 15) is 31.5 Å². The summed E-state index contributed by atoms with van der Waals surface area (Å²) in [6, 6.07) is 13.2. The molecule has 0 spiro atoms. The molecular formula is C23H14F5N3O4. The first-order valence-electron chi connectivity index (χ1n) is 9.90. The highest BCUT2D eigenvalue weighted by atomic mass is 19.2. The fourth-order valence-corrected chi connectivity index (χ4v) is 4.05. The molecule has 1 aliphatic carbocycles. The maximum absolute atomic E-state index is 15.0. The standard InChI is InChI=1S/C23H14F5N3O4/c24-17-16(18(25)20(27)21(28)19(17)26)22(35-31(30-9-32)10-34-23(29)33)15-13-7-3-1-5-11(13)12-6-2-4-8-14(12)15/h1-8,15,22H,10H2,(H2,29,33). The van der Waals surface area contributed by atoms with E-state index in [0.717, 1.165) is 6.08 Å². The first-order valence-corrected chi connectivity index (χ1v) is 9.90. The average Bonchev–Trinajstić information content (AvgIpc) is 3.18. The van der Waals surface area contributed by atoms with Gasteiger partial charge in [-0.2, -0.15) is 0 Å². The Morgan fingerprint density at radius 2 is 1.40 bits per heavy atom. The predicted octanol–water partition coefficient (Wildman–Crippen LogP) is 4.77. The number of hydrogen-bond acceptors (Lipinski definition) is 6. The van der Waals surface area contributed by atoms with Crippen LogP contribution in [0.25, 0.3) is 11.1 Å². The molecule has 7 nitrogen and oxygen atoms in total. The van der Waals surface area contributed by atoms with Gasteiger partial charge < -0.3 is 10.5 Å². The summed E-state index contributed by atoms with van der Waals surface area (Å²) in [6.45, 7) is -0.952. The number of hydroxylamine groups is 1. The second-order valence-corrected chi connectivity index (χ2v) is 7.30. The molecule has 0 radical (unpaired) electrons. The summed E-state index contributed by atoms with van der Waals surface area (Å²) < 4.78 is 76.6. The monoisotopic (exact) mass is 491 g/mol. The van der Waals surface area contributed by atoms with E-state index in [1.165, 1.54) is 0 Å². The summed E-state index contributed by atoms with van der Waals surface area (Å²) in [4.78, 5) is 27.4. The minimum atomic E-state index is -2.35. The fraction of sp³-hybridized carbons (Fsp3) is 0.130. The molecule has 1 atom stereocenters. The first kappa shape index (κ1) is 23.9. The summed E-state index contributed by atoms with van der Waals surface area (Å²) in [5.41, 5.74) is 5.71. The number of halogens is 5. The number of hydrogen-bond donors (Lipinski definition) is 1. The zero-order chi connectivity index (χ0) is 25.3. The summed E-state index contributed by atoms with van der Waals surface area (Å²) in [5, 5.41) is 3.40. The quantitative estimate of drug-likeness (QED) is 0.0977. The van der Waals surface area contributed by atoms with Gasteiger partial charge in [0.15, 0.2) is 23.3 Å². The number of hydrazone groups is 1. The lowest BCUT2D eigenvalue weighted by atomic mass is 9.86. The highest BCUT2D eigenvalue weighted by Gasteiger charge is 2.42. The van der Waals surface area contributed by atoms with Crippen molar-refractivity contribution in [1.29, 1.82) is 0 Å². The van der Waals surface area contributed by atoms with E-state index in [1.54, 1.807) is 48.5 Å². The minimum absolute atomic E-state index is 0.268. The maximum Gasteiger partial charge on any atom is 0.406 e. The van der Waals surface area contributed by atoms with Crippen molar-refractivity contribution < 1.29 is 41.1 Å². The Bertz CT molecular complexity index is 1290. The van der Waals surface area contributed by atoms with Gasteiger partial charge in [-0.15, -0.1) is 5.17 Å². The molecule has 1 aliphatic rings. The number of isocyanates is 1. The lowest BCUT2D eigenvalue weighted by Crippen LogP contribution is -2.30. The van der Waals surface area contributed by atoms with Crippen molar-refractivity contribution in [2.75, 3.05) is 6.73 Å². The van der Waals surface area contributed by atoms with Crippen molar-refractivity contribution in [1.82, 2.24) is 5.17 Å². The number of nitrogens with zero attached hydrogens (tertiary/aromatic N) is 2. The van der Waals surface area contributed by atoms with Crippen molar-refractivity contribution in [3.05, 3.63) is 94.3 Å². The van der Waals surface area contributed by atoms with E-state index in [0.29, 0.717) is 22.3 Å². The molecule has 0 saturated carbocycles. The van der Waals surface area contributed by atoms with Crippen LogP contribution in [0.5, 0.6) is 0 Å².